The van der Waals surface area contributed by atoms with Crippen LogP contribution in [0.4, 0.5) is 0 Å². The standard InChI is InChI=1S/C31H60O4/c1-5-7-9-11-13-15-17-18-20-22-24-26-28-31(29(32)34-3,30(33)35-4)27-25-23-21-19-16-14-12-10-8-6-2/h5-28H2,1-4H3. The first-order chi connectivity index (χ1) is 17.1. The molecule has 0 fully saturated rings. The van der Waals surface area contributed by atoms with Gasteiger partial charge in [0.05, 0.1) is 14.2 Å². The van der Waals surface area contributed by atoms with E-state index in [1.165, 1.54) is 130 Å². The molecule has 0 N–H and O–H groups in total. The number of esters is 2. The van der Waals surface area contributed by atoms with Gasteiger partial charge in [0.25, 0.3) is 0 Å². The molecule has 0 heterocycles. The van der Waals surface area contributed by atoms with E-state index in [0.717, 1.165) is 25.7 Å². The van der Waals surface area contributed by atoms with Gasteiger partial charge in [0.15, 0.2) is 5.41 Å². The highest BCUT2D eigenvalue weighted by atomic mass is 16.5. The fourth-order valence-electron chi connectivity index (χ4n) is 5.19. The highest BCUT2D eigenvalue weighted by Crippen LogP contribution is 2.35. The van der Waals surface area contributed by atoms with Crippen LogP contribution in [0.3, 0.4) is 0 Å². The smallest absolute Gasteiger partial charge is 0.323 e. The molecule has 0 saturated carbocycles. The summed E-state index contributed by atoms with van der Waals surface area (Å²) < 4.78 is 10.2. The minimum absolute atomic E-state index is 0.414. The third-order valence-corrected chi connectivity index (χ3v) is 7.57. The average Bonchev–Trinajstić information content (AvgIpc) is 2.88. The summed E-state index contributed by atoms with van der Waals surface area (Å²) >= 11 is 0. The molecule has 0 bridgehead atoms. The zero-order valence-corrected chi connectivity index (χ0v) is 24.1. The van der Waals surface area contributed by atoms with E-state index in [4.69, 9.17) is 9.47 Å². The maximum Gasteiger partial charge on any atom is 0.323 e. The average molecular weight is 497 g/mol. The lowest BCUT2D eigenvalue weighted by molar-refractivity contribution is -0.170. The van der Waals surface area contributed by atoms with Crippen LogP contribution < -0.4 is 0 Å². The Kier molecular flexibility index (Phi) is 23.9. The molecule has 35 heavy (non-hydrogen) atoms. The van der Waals surface area contributed by atoms with Crippen molar-refractivity contribution in [2.75, 3.05) is 14.2 Å². The summed E-state index contributed by atoms with van der Waals surface area (Å²) in [5.41, 5.74) is -1.12. The van der Waals surface area contributed by atoms with E-state index in [1.807, 2.05) is 0 Å². The molecule has 0 unspecified atom stereocenters. The van der Waals surface area contributed by atoms with Gasteiger partial charge in [0.2, 0.25) is 0 Å². The molecular weight excluding hydrogens is 436 g/mol. The number of ether oxygens (including phenoxy) is 2. The summed E-state index contributed by atoms with van der Waals surface area (Å²) in [4.78, 5) is 25.5. The second kappa shape index (κ2) is 24.6. The van der Waals surface area contributed by atoms with Gasteiger partial charge < -0.3 is 9.47 Å². The highest BCUT2D eigenvalue weighted by Gasteiger charge is 2.47. The Morgan fingerprint density at radius 2 is 0.657 bits per heavy atom. The van der Waals surface area contributed by atoms with Gasteiger partial charge in [-0.2, -0.15) is 0 Å². The summed E-state index contributed by atoms with van der Waals surface area (Å²) in [6.45, 7) is 4.51. The van der Waals surface area contributed by atoms with Crippen molar-refractivity contribution in [3.8, 4) is 0 Å². The lowest BCUT2D eigenvalue weighted by Crippen LogP contribution is -2.41. The van der Waals surface area contributed by atoms with Crippen molar-refractivity contribution >= 4 is 11.9 Å². The third kappa shape index (κ3) is 17.1. The van der Waals surface area contributed by atoms with E-state index in [-0.39, 0.29) is 0 Å². The van der Waals surface area contributed by atoms with Gasteiger partial charge in [-0.25, -0.2) is 0 Å². The summed E-state index contributed by atoms with van der Waals surface area (Å²) in [6.07, 6.45) is 28.6. The Labute approximate surface area is 218 Å². The molecule has 0 aliphatic carbocycles. The normalized spacial score (nSPS) is 11.5. The number of rotatable bonds is 26. The topological polar surface area (TPSA) is 52.6 Å². The zero-order valence-electron chi connectivity index (χ0n) is 24.1. The minimum Gasteiger partial charge on any atom is -0.468 e. The summed E-state index contributed by atoms with van der Waals surface area (Å²) in [5.74, 6) is -0.827. The van der Waals surface area contributed by atoms with Crippen molar-refractivity contribution < 1.29 is 19.1 Å². The van der Waals surface area contributed by atoms with Crippen LogP contribution in [0.5, 0.6) is 0 Å². The van der Waals surface area contributed by atoms with E-state index >= 15 is 0 Å². The molecule has 0 aromatic heterocycles. The van der Waals surface area contributed by atoms with Crippen molar-refractivity contribution in [3.63, 3.8) is 0 Å². The van der Waals surface area contributed by atoms with Gasteiger partial charge in [-0.05, 0) is 12.8 Å². The van der Waals surface area contributed by atoms with Crippen molar-refractivity contribution in [3.05, 3.63) is 0 Å². The summed E-state index contributed by atoms with van der Waals surface area (Å²) in [7, 11) is 2.78. The van der Waals surface area contributed by atoms with E-state index in [2.05, 4.69) is 13.8 Å². The Morgan fingerprint density at radius 1 is 0.429 bits per heavy atom. The number of hydrogen-bond donors (Lipinski definition) is 0. The van der Waals surface area contributed by atoms with E-state index in [1.54, 1.807) is 0 Å². The first-order valence-electron chi connectivity index (χ1n) is 15.3. The van der Waals surface area contributed by atoms with Crippen molar-refractivity contribution in [2.45, 2.75) is 168 Å². The predicted molar refractivity (Wildman–Crippen MR) is 149 cm³/mol. The number of unbranched alkanes of at least 4 members (excludes halogenated alkanes) is 20. The molecule has 4 nitrogen and oxygen atoms in total. The maximum atomic E-state index is 12.7. The lowest BCUT2D eigenvalue weighted by atomic mass is 9.77. The van der Waals surface area contributed by atoms with E-state index in [0.29, 0.717) is 12.8 Å². The van der Waals surface area contributed by atoms with Gasteiger partial charge in [0.1, 0.15) is 0 Å². The number of carbonyl (C=O) groups is 2. The second-order valence-electron chi connectivity index (χ2n) is 10.6. The van der Waals surface area contributed by atoms with Crippen LogP contribution in [0.15, 0.2) is 0 Å². The van der Waals surface area contributed by atoms with Gasteiger partial charge >= 0.3 is 11.9 Å². The van der Waals surface area contributed by atoms with Crippen LogP contribution in [0.25, 0.3) is 0 Å². The Morgan fingerprint density at radius 3 is 0.886 bits per heavy atom. The fourth-order valence-corrected chi connectivity index (χ4v) is 5.19. The van der Waals surface area contributed by atoms with Crippen molar-refractivity contribution in [1.29, 1.82) is 0 Å². The Hall–Kier alpha value is -1.06. The fraction of sp³-hybridized carbons (Fsp3) is 0.935. The molecule has 208 valence electrons. The molecule has 0 aliphatic heterocycles. The van der Waals surface area contributed by atoms with Gasteiger partial charge in [-0.3, -0.25) is 9.59 Å². The molecule has 0 aromatic carbocycles. The van der Waals surface area contributed by atoms with Gasteiger partial charge in [0, 0.05) is 0 Å². The molecule has 0 aromatic rings. The van der Waals surface area contributed by atoms with Crippen LogP contribution in [-0.4, -0.2) is 26.2 Å². The van der Waals surface area contributed by atoms with Crippen LogP contribution in [0, 0.1) is 5.41 Å². The van der Waals surface area contributed by atoms with Crippen molar-refractivity contribution in [2.24, 2.45) is 5.41 Å². The van der Waals surface area contributed by atoms with Crippen molar-refractivity contribution in [1.82, 2.24) is 0 Å². The second-order valence-corrected chi connectivity index (χ2v) is 10.6. The lowest BCUT2D eigenvalue weighted by Gasteiger charge is -2.28. The van der Waals surface area contributed by atoms with Crippen LogP contribution in [0.1, 0.15) is 168 Å². The molecular formula is C31H60O4. The molecule has 4 heteroatoms. The largest absolute Gasteiger partial charge is 0.468 e. The van der Waals surface area contributed by atoms with Crippen LogP contribution in [-0.2, 0) is 19.1 Å². The summed E-state index contributed by atoms with van der Waals surface area (Å²) in [6, 6.07) is 0. The molecule has 0 atom stereocenters. The monoisotopic (exact) mass is 496 g/mol. The number of carbonyl (C=O) groups excluding carboxylic acids is 2. The SMILES string of the molecule is CCCCCCCCCCCCCCC(CCCCCCCCCCCC)(C(=O)OC)C(=O)OC. The van der Waals surface area contributed by atoms with Crippen LogP contribution in [0.2, 0.25) is 0 Å². The molecule has 0 rings (SSSR count). The molecule has 0 amide bonds. The molecule has 0 aliphatic rings. The molecule has 0 radical (unpaired) electrons. The van der Waals surface area contributed by atoms with E-state index < -0.39 is 17.4 Å². The number of methoxy groups -OCH3 is 2. The minimum atomic E-state index is -1.12. The maximum absolute atomic E-state index is 12.7. The zero-order chi connectivity index (χ0) is 26.0. The van der Waals surface area contributed by atoms with E-state index in [9.17, 15) is 9.59 Å². The van der Waals surface area contributed by atoms with Gasteiger partial charge in [-0.1, -0.05) is 155 Å². The first-order valence-corrected chi connectivity index (χ1v) is 15.3. The predicted octanol–water partition coefficient (Wildman–Crippen LogP) is 9.72. The van der Waals surface area contributed by atoms with Crippen LogP contribution >= 0.6 is 0 Å². The Balaban J connectivity index is 4.24. The summed E-state index contributed by atoms with van der Waals surface area (Å²) in [5, 5.41) is 0. The highest BCUT2D eigenvalue weighted by molar-refractivity contribution is 5.99. The molecule has 0 saturated heterocycles. The molecule has 0 spiro atoms. The number of hydrogen-bond acceptors (Lipinski definition) is 4. The quantitative estimate of drug-likeness (QED) is 0.0679. The first kappa shape index (κ1) is 33.9. The van der Waals surface area contributed by atoms with Gasteiger partial charge in [-0.15, -0.1) is 0 Å². The third-order valence-electron chi connectivity index (χ3n) is 7.57. The Bertz CT molecular complexity index is 472.